The lowest BCUT2D eigenvalue weighted by Gasteiger charge is -2.10. The molecule has 5 nitrogen and oxygen atoms in total. The van der Waals surface area contributed by atoms with E-state index in [0.717, 1.165) is 11.3 Å². The highest BCUT2D eigenvalue weighted by Gasteiger charge is 2.06. The molecule has 0 saturated heterocycles. The predicted octanol–water partition coefficient (Wildman–Crippen LogP) is 3.88. The van der Waals surface area contributed by atoms with Crippen LogP contribution < -0.4 is 10.6 Å². The fourth-order valence-electron chi connectivity index (χ4n) is 2.17. The van der Waals surface area contributed by atoms with Crippen LogP contribution in [0.2, 0.25) is 5.02 Å². The number of hydrogen-bond acceptors (Lipinski definition) is 4. The molecule has 0 bridgehead atoms. The molecule has 24 heavy (non-hydrogen) atoms. The molecule has 0 aromatic heterocycles. The summed E-state index contributed by atoms with van der Waals surface area (Å²) in [5.41, 5.74) is 3.06. The largest absolute Gasteiger partial charge is 0.465 e. The first-order valence-corrected chi connectivity index (χ1v) is 7.85. The maximum atomic E-state index is 12.0. The number of ether oxygens (including phenoxy) is 1. The van der Waals surface area contributed by atoms with Gasteiger partial charge in [0.2, 0.25) is 5.91 Å². The molecule has 0 heterocycles. The average Bonchev–Trinajstić information content (AvgIpc) is 2.57. The van der Waals surface area contributed by atoms with Crippen molar-refractivity contribution < 1.29 is 14.3 Å². The molecule has 2 aromatic rings. The molecular weight excluding hydrogens is 328 g/mol. The molecule has 6 heteroatoms. The van der Waals surface area contributed by atoms with Gasteiger partial charge in [-0.15, -0.1) is 0 Å². The summed E-state index contributed by atoms with van der Waals surface area (Å²) >= 11 is 5.91. The molecule has 1 amide bonds. The van der Waals surface area contributed by atoms with E-state index in [1.54, 1.807) is 30.3 Å². The van der Waals surface area contributed by atoms with Gasteiger partial charge in [-0.3, -0.25) is 4.79 Å². The average molecular weight is 347 g/mol. The highest BCUT2D eigenvalue weighted by atomic mass is 35.5. The van der Waals surface area contributed by atoms with E-state index in [1.165, 1.54) is 7.11 Å². The van der Waals surface area contributed by atoms with Crippen molar-refractivity contribution in [1.82, 2.24) is 0 Å². The van der Waals surface area contributed by atoms with E-state index in [4.69, 9.17) is 11.6 Å². The maximum Gasteiger partial charge on any atom is 0.337 e. The summed E-state index contributed by atoms with van der Waals surface area (Å²) in [7, 11) is 1.33. The number of amides is 1. The van der Waals surface area contributed by atoms with Crippen LogP contribution in [-0.2, 0) is 9.53 Å². The van der Waals surface area contributed by atoms with Gasteiger partial charge in [0.1, 0.15) is 0 Å². The number of anilines is 2. The lowest BCUT2D eigenvalue weighted by Crippen LogP contribution is -2.16. The number of carbonyl (C=O) groups is 2. The van der Waals surface area contributed by atoms with Crippen molar-refractivity contribution in [3.63, 3.8) is 0 Å². The zero-order valence-corrected chi connectivity index (χ0v) is 14.3. The Balaban J connectivity index is 1.81. The van der Waals surface area contributed by atoms with E-state index in [2.05, 4.69) is 15.4 Å². The highest BCUT2D eigenvalue weighted by Crippen LogP contribution is 2.19. The SMILES string of the molecule is COC(=O)c1ccc(NC(=O)CCNc2ccc(Cl)cc2C)cc1. The minimum absolute atomic E-state index is 0.111. The van der Waals surface area contributed by atoms with Gasteiger partial charge in [0, 0.05) is 29.4 Å². The number of nitrogens with one attached hydrogen (secondary N) is 2. The van der Waals surface area contributed by atoms with Crippen LogP contribution in [0.15, 0.2) is 42.5 Å². The molecule has 0 aliphatic carbocycles. The van der Waals surface area contributed by atoms with Crippen LogP contribution in [0, 0.1) is 6.92 Å². The van der Waals surface area contributed by atoms with Crippen molar-refractivity contribution in [3.05, 3.63) is 58.6 Å². The van der Waals surface area contributed by atoms with Crippen LogP contribution in [0.1, 0.15) is 22.3 Å². The van der Waals surface area contributed by atoms with Crippen molar-refractivity contribution in [2.24, 2.45) is 0 Å². The molecule has 0 saturated carbocycles. The number of hydrogen-bond donors (Lipinski definition) is 2. The quantitative estimate of drug-likeness (QED) is 0.779. The summed E-state index contributed by atoms with van der Waals surface area (Å²) in [4.78, 5) is 23.3. The van der Waals surface area contributed by atoms with Crippen LogP contribution in [0.5, 0.6) is 0 Å². The van der Waals surface area contributed by atoms with E-state index in [1.807, 2.05) is 19.1 Å². The number of methoxy groups -OCH3 is 1. The van der Waals surface area contributed by atoms with E-state index in [-0.39, 0.29) is 5.91 Å². The molecule has 2 N–H and O–H groups in total. The van der Waals surface area contributed by atoms with Gasteiger partial charge in [-0.25, -0.2) is 4.79 Å². The van der Waals surface area contributed by atoms with Gasteiger partial charge in [-0.2, -0.15) is 0 Å². The first-order valence-electron chi connectivity index (χ1n) is 7.48. The lowest BCUT2D eigenvalue weighted by atomic mass is 10.2. The zero-order chi connectivity index (χ0) is 17.5. The van der Waals surface area contributed by atoms with Crippen molar-refractivity contribution in [3.8, 4) is 0 Å². The zero-order valence-electron chi connectivity index (χ0n) is 13.6. The Morgan fingerprint density at radius 1 is 1.12 bits per heavy atom. The summed E-state index contributed by atoms with van der Waals surface area (Å²) in [5, 5.41) is 6.68. The Labute approximate surface area is 146 Å². The monoisotopic (exact) mass is 346 g/mol. The maximum absolute atomic E-state index is 12.0. The number of carbonyl (C=O) groups excluding carboxylic acids is 2. The Hall–Kier alpha value is -2.53. The van der Waals surface area contributed by atoms with Crippen LogP contribution in [0.4, 0.5) is 11.4 Å². The summed E-state index contributed by atoms with van der Waals surface area (Å²) in [6, 6.07) is 12.1. The van der Waals surface area contributed by atoms with E-state index < -0.39 is 5.97 Å². The molecule has 126 valence electrons. The van der Waals surface area contributed by atoms with E-state index in [0.29, 0.717) is 29.2 Å². The Bertz CT molecular complexity index is 730. The second kappa shape index (κ2) is 8.36. The second-order valence-electron chi connectivity index (χ2n) is 5.25. The van der Waals surface area contributed by atoms with E-state index in [9.17, 15) is 9.59 Å². The Morgan fingerprint density at radius 3 is 2.46 bits per heavy atom. The Morgan fingerprint density at radius 2 is 1.83 bits per heavy atom. The molecular formula is C18H19ClN2O3. The van der Waals surface area contributed by atoms with Gasteiger partial charge in [0.05, 0.1) is 12.7 Å². The van der Waals surface area contributed by atoms with Gasteiger partial charge < -0.3 is 15.4 Å². The highest BCUT2D eigenvalue weighted by molar-refractivity contribution is 6.30. The van der Waals surface area contributed by atoms with Crippen molar-refractivity contribution in [1.29, 1.82) is 0 Å². The normalized spacial score (nSPS) is 10.1. The van der Waals surface area contributed by atoms with Crippen LogP contribution >= 0.6 is 11.6 Å². The Kier molecular flexibility index (Phi) is 6.21. The number of esters is 1. The van der Waals surface area contributed by atoms with Crippen molar-refractivity contribution in [2.75, 3.05) is 24.3 Å². The van der Waals surface area contributed by atoms with Crippen molar-refractivity contribution >= 4 is 34.9 Å². The van der Waals surface area contributed by atoms with Crippen LogP contribution in [-0.4, -0.2) is 25.5 Å². The van der Waals surface area contributed by atoms with Crippen LogP contribution in [0.3, 0.4) is 0 Å². The summed E-state index contributed by atoms with van der Waals surface area (Å²) in [6.45, 7) is 2.46. The second-order valence-corrected chi connectivity index (χ2v) is 5.69. The summed E-state index contributed by atoms with van der Waals surface area (Å²) in [6.07, 6.45) is 0.320. The third-order valence-electron chi connectivity index (χ3n) is 3.45. The third kappa shape index (κ3) is 4.99. The number of aryl methyl sites for hydroxylation is 1. The summed E-state index contributed by atoms with van der Waals surface area (Å²) in [5.74, 6) is -0.518. The van der Waals surface area contributed by atoms with Gasteiger partial charge >= 0.3 is 5.97 Å². The molecule has 2 aromatic carbocycles. The first-order chi connectivity index (χ1) is 11.5. The van der Waals surface area contributed by atoms with Crippen LogP contribution in [0.25, 0.3) is 0 Å². The van der Waals surface area contributed by atoms with Gasteiger partial charge in [0.25, 0.3) is 0 Å². The predicted molar refractivity (Wildman–Crippen MR) is 95.7 cm³/mol. The number of rotatable bonds is 6. The summed E-state index contributed by atoms with van der Waals surface area (Å²) < 4.78 is 4.63. The molecule has 0 aliphatic rings. The topological polar surface area (TPSA) is 67.4 Å². The van der Waals surface area contributed by atoms with Gasteiger partial charge in [0.15, 0.2) is 0 Å². The molecule has 0 spiro atoms. The molecule has 0 fully saturated rings. The first kappa shape index (κ1) is 17.8. The molecule has 2 rings (SSSR count). The molecule has 0 radical (unpaired) electrons. The smallest absolute Gasteiger partial charge is 0.337 e. The minimum atomic E-state index is -0.407. The van der Waals surface area contributed by atoms with Crippen molar-refractivity contribution in [2.45, 2.75) is 13.3 Å². The number of halogens is 1. The standard InChI is InChI=1S/C18H19ClN2O3/c1-12-11-14(19)5-8-16(12)20-10-9-17(22)21-15-6-3-13(4-7-15)18(23)24-2/h3-8,11,20H,9-10H2,1-2H3,(H,21,22). The molecule has 0 aliphatic heterocycles. The minimum Gasteiger partial charge on any atom is -0.465 e. The lowest BCUT2D eigenvalue weighted by molar-refractivity contribution is -0.115. The van der Waals surface area contributed by atoms with E-state index >= 15 is 0 Å². The number of benzene rings is 2. The fourth-order valence-corrected chi connectivity index (χ4v) is 2.39. The van der Waals surface area contributed by atoms with Gasteiger partial charge in [-0.05, 0) is 55.0 Å². The third-order valence-corrected chi connectivity index (χ3v) is 3.68. The molecule has 0 unspecified atom stereocenters. The van der Waals surface area contributed by atoms with Gasteiger partial charge in [-0.1, -0.05) is 11.6 Å². The molecule has 0 atom stereocenters. The fraction of sp³-hybridized carbons (Fsp3) is 0.222.